The smallest absolute Gasteiger partial charge is 0.175 e. The van der Waals surface area contributed by atoms with Crippen molar-refractivity contribution in [2.75, 3.05) is 18.9 Å². The quantitative estimate of drug-likeness (QED) is 0.875. The third-order valence-corrected chi connectivity index (χ3v) is 4.17. The fraction of sp³-hybridized carbons (Fsp3) is 0.308. The average molecular weight is 324 g/mol. The lowest BCUT2D eigenvalue weighted by Crippen LogP contribution is -2.16. The van der Waals surface area contributed by atoms with Crippen molar-refractivity contribution in [3.05, 3.63) is 22.2 Å². The van der Waals surface area contributed by atoms with Crippen molar-refractivity contribution in [2.24, 2.45) is 7.05 Å². The van der Waals surface area contributed by atoms with Crippen molar-refractivity contribution in [1.29, 1.82) is 0 Å². The highest BCUT2D eigenvalue weighted by Gasteiger charge is 2.21. The molecule has 6 heteroatoms. The van der Waals surface area contributed by atoms with E-state index in [9.17, 15) is 0 Å². The molecule has 19 heavy (non-hydrogen) atoms. The summed E-state index contributed by atoms with van der Waals surface area (Å²) in [6, 6.07) is 3.81. The summed E-state index contributed by atoms with van der Waals surface area (Å²) in [7, 11) is 1.82. The largest absolute Gasteiger partial charge is 0.486 e. The zero-order valence-electron chi connectivity index (χ0n) is 10.7. The Morgan fingerprint density at radius 2 is 2.05 bits per heavy atom. The Balaban J connectivity index is 2.19. The number of nitrogen functional groups attached to an aromatic ring is 1. The third kappa shape index (κ3) is 1.96. The Bertz CT molecular complexity index is 632. The van der Waals surface area contributed by atoms with Gasteiger partial charge in [-0.05, 0) is 34.5 Å². The summed E-state index contributed by atoms with van der Waals surface area (Å²) in [5, 5.41) is 4.41. The Morgan fingerprint density at radius 1 is 1.32 bits per heavy atom. The van der Waals surface area contributed by atoms with Gasteiger partial charge in [0, 0.05) is 18.7 Å². The van der Waals surface area contributed by atoms with Gasteiger partial charge in [0.1, 0.15) is 19.0 Å². The van der Waals surface area contributed by atoms with Gasteiger partial charge in [0.2, 0.25) is 0 Å². The van der Waals surface area contributed by atoms with Gasteiger partial charge >= 0.3 is 0 Å². The summed E-state index contributed by atoms with van der Waals surface area (Å²) in [4.78, 5) is 0. The van der Waals surface area contributed by atoms with E-state index in [2.05, 4.69) is 21.0 Å². The maximum atomic E-state index is 5.84. The van der Waals surface area contributed by atoms with Crippen LogP contribution in [0.3, 0.4) is 0 Å². The van der Waals surface area contributed by atoms with Crippen molar-refractivity contribution in [1.82, 2.24) is 9.78 Å². The van der Waals surface area contributed by atoms with Gasteiger partial charge in [-0.3, -0.25) is 4.68 Å². The molecule has 2 heterocycles. The first kappa shape index (κ1) is 12.3. The molecule has 0 bridgehead atoms. The van der Waals surface area contributed by atoms with Gasteiger partial charge in [-0.1, -0.05) is 0 Å². The van der Waals surface area contributed by atoms with Gasteiger partial charge in [0.25, 0.3) is 0 Å². The van der Waals surface area contributed by atoms with Crippen LogP contribution in [-0.4, -0.2) is 23.0 Å². The third-order valence-electron chi connectivity index (χ3n) is 3.21. The Hall–Kier alpha value is -1.69. The van der Waals surface area contributed by atoms with Crippen LogP contribution in [0.1, 0.15) is 5.56 Å². The highest BCUT2D eigenvalue weighted by atomic mass is 79.9. The molecule has 3 rings (SSSR count). The number of benzene rings is 1. The minimum atomic E-state index is 0.562. The zero-order valence-corrected chi connectivity index (χ0v) is 12.3. The van der Waals surface area contributed by atoms with E-state index in [4.69, 9.17) is 15.2 Å². The monoisotopic (exact) mass is 323 g/mol. The summed E-state index contributed by atoms with van der Waals surface area (Å²) < 4.78 is 13.8. The van der Waals surface area contributed by atoms with E-state index in [1.807, 2.05) is 26.1 Å². The first-order valence-electron chi connectivity index (χ1n) is 5.96. The fourth-order valence-corrected chi connectivity index (χ4v) is 2.64. The number of aryl methyl sites for hydroxylation is 1. The van der Waals surface area contributed by atoms with Crippen LogP contribution < -0.4 is 15.2 Å². The molecule has 0 spiro atoms. The number of hydrogen-bond donors (Lipinski definition) is 1. The Morgan fingerprint density at radius 3 is 2.74 bits per heavy atom. The Kier molecular flexibility index (Phi) is 2.89. The lowest BCUT2D eigenvalue weighted by molar-refractivity contribution is 0.170. The van der Waals surface area contributed by atoms with Crippen LogP contribution in [0, 0.1) is 6.92 Å². The minimum absolute atomic E-state index is 0.562. The van der Waals surface area contributed by atoms with Gasteiger partial charge in [0.05, 0.1) is 10.2 Å². The summed E-state index contributed by atoms with van der Waals surface area (Å²) in [6.45, 7) is 3.15. The second-order valence-electron chi connectivity index (χ2n) is 4.47. The van der Waals surface area contributed by atoms with Crippen LogP contribution in [0.5, 0.6) is 11.5 Å². The first-order valence-corrected chi connectivity index (χ1v) is 6.76. The molecule has 0 radical (unpaired) electrons. The average Bonchev–Trinajstić information content (AvgIpc) is 2.74. The van der Waals surface area contributed by atoms with Gasteiger partial charge < -0.3 is 15.2 Å². The van der Waals surface area contributed by atoms with Gasteiger partial charge in [-0.15, -0.1) is 0 Å². The van der Waals surface area contributed by atoms with Crippen molar-refractivity contribution in [3.63, 3.8) is 0 Å². The van der Waals surface area contributed by atoms with Crippen LogP contribution in [0.25, 0.3) is 11.3 Å². The second kappa shape index (κ2) is 4.45. The maximum Gasteiger partial charge on any atom is 0.175 e. The molecule has 2 aromatic rings. The van der Waals surface area contributed by atoms with Crippen LogP contribution in [0.4, 0.5) is 5.82 Å². The number of aromatic nitrogens is 2. The molecule has 1 aliphatic heterocycles. The maximum absolute atomic E-state index is 5.84. The molecular formula is C13H14BrN3O2. The molecule has 0 saturated carbocycles. The molecule has 5 nitrogen and oxygen atoms in total. The Labute approximate surface area is 119 Å². The summed E-state index contributed by atoms with van der Waals surface area (Å²) in [5.41, 5.74) is 8.71. The van der Waals surface area contributed by atoms with Crippen molar-refractivity contribution < 1.29 is 9.47 Å². The van der Waals surface area contributed by atoms with E-state index >= 15 is 0 Å². The molecule has 0 saturated heterocycles. The van der Waals surface area contributed by atoms with E-state index in [1.165, 1.54) is 0 Å². The van der Waals surface area contributed by atoms with Crippen LogP contribution in [-0.2, 0) is 7.05 Å². The lowest BCUT2D eigenvalue weighted by Gasteiger charge is -2.21. The number of ether oxygens (including phenoxy) is 2. The SMILES string of the molecule is Cc1c(-c2cc(N)n(C)n2)cc2c(c1Br)OCCO2. The molecule has 100 valence electrons. The van der Waals surface area contributed by atoms with Crippen LogP contribution in [0.15, 0.2) is 16.6 Å². The van der Waals surface area contributed by atoms with Crippen molar-refractivity contribution in [3.8, 4) is 22.8 Å². The van der Waals surface area contributed by atoms with Crippen LogP contribution in [0.2, 0.25) is 0 Å². The topological polar surface area (TPSA) is 62.3 Å². The first-order chi connectivity index (χ1) is 9.08. The predicted molar refractivity (Wildman–Crippen MR) is 76.5 cm³/mol. The van der Waals surface area contributed by atoms with Gasteiger partial charge in [-0.2, -0.15) is 5.10 Å². The molecule has 2 N–H and O–H groups in total. The number of fused-ring (bicyclic) bond motifs is 1. The molecule has 0 atom stereocenters. The predicted octanol–water partition coefficient (Wildman–Crippen LogP) is 2.51. The van der Waals surface area contributed by atoms with Gasteiger partial charge in [0.15, 0.2) is 11.5 Å². The van der Waals surface area contributed by atoms with Crippen LogP contribution >= 0.6 is 15.9 Å². The highest BCUT2D eigenvalue weighted by Crippen LogP contribution is 2.44. The number of nitrogens with zero attached hydrogens (tertiary/aromatic N) is 2. The van der Waals surface area contributed by atoms with E-state index < -0.39 is 0 Å². The highest BCUT2D eigenvalue weighted by molar-refractivity contribution is 9.10. The second-order valence-corrected chi connectivity index (χ2v) is 5.26. The fourth-order valence-electron chi connectivity index (χ4n) is 2.12. The molecule has 1 aliphatic rings. The van der Waals surface area contributed by atoms with E-state index in [1.54, 1.807) is 4.68 Å². The standard InChI is InChI=1S/C13H14BrN3O2/c1-7-8(9-6-11(15)17(2)16-9)5-10-13(12(7)14)19-4-3-18-10/h5-6H,3-4,15H2,1-2H3. The van der Waals surface area contributed by atoms with E-state index in [0.717, 1.165) is 32.8 Å². The van der Waals surface area contributed by atoms with Gasteiger partial charge in [-0.25, -0.2) is 0 Å². The van der Waals surface area contributed by atoms with Crippen molar-refractivity contribution >= 4 is 21.7 Å². The molecule has 0 unspecified atom stereocenters. The van der Waals surface area contributed by atoms with E-state index in [0.29, 0.717) is 19.0 Å². The molecule has 0 amide bonds. The summed E-state index contributed by atoms with van der Waals surface area (Å²) in [6.07, 6.45) is 0. The molecule has 0 aliphatic carbocycles. The van der Waals surface area contributed by atoms with E-state index in [-0.39, 0.29) is 0 Å². The number of rotatable bonds is 1. The zero-order chi connectivity index (χ0) is 13.6. The number of anilines is 1. The van der Waals surface area contributed by atoms with Crippen molar-refractivity contribution in [2.45, 2.75) is 6.92 Å². The summed E-state index contributed by atoms with van der Waals surface area (Å²) >= 11 is 3.57. The lowest BCUT2D eigenvalue weighted by atomic mass is 10.0. The number of nitrogens with two attached hydrogens (primary N) is 1. The number of halogens is 1. The normalized spacial score (nSPS) is 13.6. The summed E-state index contributed by atoms with van der Waals surface area (Å²) in [5.74, 6) is 2.12. The molecular weight excluding hydrogens is 310 g/mol. The molecule has 0 fully saturated rings. The number of hydrogen-bond acceptors (Lipinski definition) is 4. The molecule has 1 aromatic carbocycles. The molecule has 1 aromatic heterocycles. The minimum Gasteiger partial charge on any atom is -0.486 e.